The number of benzene rings is 1. The van der Waals surface area contributed by atoms with E-state index in [1.165, 1.54) is 0 Å². The molecule has 1 aromatic carbocycles. The summed E-state index contributed by atoms with van der Waals surface area (Å²) in [4.78, 5) is 13.6. The summed E-state index contributed by atoms with van der Waals surface area (Å²) >= 11 is 3.36. The first kappa shape index (κ1) is 12.2. The summed E-state index contributed by atoms with van der Waals surface area (Å²) in [5, 5.41) is 0. The molecule has 1 aliphatic rings. The lowest BCUT2D eigenvalue weighted by atomic mass is 10.2. The number of nitrogens with zero attached hydrogens (tertiary/aromatic N) is 1. The zero-order valence-electron chi connectivity index (χ0n) is 9.77. The molecule has 1 aromatic rings. The fourth-order valence-corrected chi connectivity index (χ4v) is 2.30. The molecule has 0 radical (unpaired) electrons. The van der Waals surface area contributed by atoms with Gasteiger partial charge in [0.05, 0.1) is 24.7 Å². The fourth-order valence-electron chi connectivity index (χ4n) is 1.85. The number of anilines is 1. The Kier molecular flexibility index (Phi) is 3.57. The van der Waals surface area contributed by atoms with Crippen LogP contribution in [0.1, 0.15) is 6.42 Å². The van der Waals surface area contributed by atoms with Crippen molar-refractivity contribution in [3.63, 3.8) is 0 Å². The molecule has 1 heterocycles. The van der Waals surface area contributed by atoms with E-state index in [9.17, 15) is 4.79 Å². The van der Waals surface area contributed by atoms with E-state index in [0.717, 1.165) is 12.1 Å². The molecule has 0 saturated carbocycles. The molecule has 0 aromatic heterocycles. The number of alkyl halides is 1. The summed E-state index contributed by atoms with van der Waals surface area (Å²) in [7, 11) is 3.19. The molecule has 1 amide bonds. The third-order valence-electron chi connectivity index (χ3n) is 2.79. The number of carbonyl (C=O) groups is 1. The van der Waals surface area contributed by atoms with Crippen LogP contribution < -0.4 is 14.4 Å². The highest BCUT2D eigenvalue weighted by Crippen LogP contribution is 2.32. The van der Waals surface area contributed by atoms with Gasteiger partial charge in [0.25, 0.3) is 0 Å². The second-order valence-corrected chi connectivity index (χ2v) is 4.92. The lowest BCUT2D eigenvalue weighted by Gasteiger charge is -2.17. The van der Waals surface area contributed by atoms with Crippen molar-refractivity contribution >= 4 is 27.5 Å². The summed E-state index contributed by atoms with van der Waals surface area (Å²) in [5.41, 5.74) is 0.813. The second kappa shape index (κ2) is 4.96. The molecule has 1 aliphatic heterocycles. The molecule has 4 nitrogen and oxygen atoms in total. The second-order valence-electron chi connectivity index (χ2n) is 3.82. The lowest BCUT2D eigenvalue weighted by Crippen LogP contribution is -2.27. The van der Waals surface area contributed by atoms with Crippen molar-refractivity contribution in [1.29, 1.82) is 0 Å². The van der Waals surface area contributed by atoms with Crippen molar-refractivity contribution in [2.24, 2.45) is 0 Å². The summed E-state index contributed by atoms with van der Waals surface area (Å²) in [6.07, 6.45) is 0.818. The number of hydrogen-bond donors (Lipinski definition) is 0. The van der Waals surface area contributed by atoms with Crippen LogP contribution in [0.2, 0.25) is 0 Å². The van der Waals surface area contributed by atoms with Crippen LogP contribution in [0.5, 0.6) is 11.5 Å². The molecule has 0 unspecified atom stereocenters. The van der Waals surface area contributed by atoms with Gasteiger partial charge in [0.2, 0.25) is 5.91 Å². The molecular formula is C12H14BrNO3. The Hall–Kier alpha value is -1.23. The van der Waals surface area contributed by atoms with Crippen LogP contribution in [-0.2, 0) is 4.79 Å². The highest BCUT2D eigenvalue weighted by atomic mass is 79.9. The highest BCUT2D eigenvalue weighted by molar-refractivity contribution is 9.10. The molecular weight excluding hydrogens is 286 g/mol. The molecule has 1 saturated heterocycles. The normalized spacial score (nSPS) is 19.6. The van der Waals surface area contributed by atoms with Crippen LogP contribution >= 0.6 is 15.9 Å². The zero-order chi connectivity index (χ0) is 12.4. The van der Waals surface area contributed by atoms with Gasteiger partial charge in [-0.1, -0.05) is 15.9 Å². The summed E-state index contributed by atoms with van der Waals surface area (Å²) in [5.74, 6) is 1.45. The summed E-state index contributed by atoms with van der Waals surface area (Å²) < 4.78 is 10.4. The van der Waals surface area contributed by atoms with Crippen LogP contribution in [0, 0.1) is 0 Å². The quantitative estimate of drug-likeness (QED) is 0.803. The van der Waals surface area contributed by atoms with Crippen LogP contribution in [0.25, 0.3) is 0 Å². The van der Waals surface area contributed by atoms with E-state index in [4.69, 9.17) is 9.47 Å². The molecule has 17 heavy (non-hydrogen) atoms. The van der Waals surface area contributed by atoms with Crippen molar-refractivity contribution in [3.05, 3.63) is 18.2 Å². The largest absolute Gasteiger partial charge is 0.497 e. The van der Waals surface area contributed by atoms with Crippen LogP contribution in [0.15, 0.2) is 18.2 Å². The average molecular weight is 300 g/mol. The van der Waals surface area contributed by atoms with Crippen LogP contribution in [-0.4, -0.2) is 31.5 Å². The first-order chi connectivity index (χ1) is 8.15. The predicted octanol–water partition coefficient (Wildman–Crippen LogP) is 2.20. The van der Waals surface area contributed by atoms with Gasteiger partial charge in [0.1, 0.15) is 11.5 Å². The minimum absolute atomic E-state index is 0.0836. The van der Waals surface area contributed by atoms with E-state index in [1.807, 2.05) is 12.1 Å². The average Bonchev–Trinajstić information content (AvgIpc) is 2.69. The van der Waals surface area contributed by atoms with E-state index in [1.54, 1.807) is 25.2 Å². The molecule has 92 valence electrons. The number of halogens is 1. The van der Waals surface area contributed by atoms with Gasteiger partial charge in [-0.3, -0.25) is 4.79 Å². The molecule has 2 rings (SSSR count). The molecule has 0 spiro atoms. The summed E-state index contributed by atoms with van der Waals surface area (Å²) in [6.45, 7) is 0.713. The number of methoxy groups -OCH3 is 2. The van der Waals surface area contributed by atoms with E-state index in [-0.39, 0.29) is 10.7 Å². The van der Waals surface area contributed by atoms with Gasteiger partial charge in [-0.15, -0.1) is 0 Å². The van der Waals surface area contributed by atoms with Gasteiger partial charge < -0.3 is 14.4 Å². The minimum atomic E-state index is -0.0836. The maximum Gasteiger partial charge on any atom is 0.240 e. The number of hydrogen-bond acceptors (Lipinski definition) is 3. The predicted molar refractivity (Wildman–Crippen MR) is 69.2 cm³/mol. The van der Waals surface area contributed by atoms with Crippen molar-refractivity contribution < 1.29 is 14.3 Å². The van der Waals surface area contributed by atoms with Gasteiger partial charge in [-0.05, 0) is 6.42 Å². The first-order valence-corrected chi connectivity index (χ1v) is 6.26. The molecule has 0 N–H and O–H groups in total. The van der Waals surface area contributed by atoms with E-state index >= 15 is 0 Å². The van der Waals surface area contributed by atoms with Crippen molar-refractivity contribution in [2.45, 2.75) is 11.2 Å². The van der Waals surface area contributed by atoms with E-state index in [0.29, 0.717) is 18.0 Å². The Bertz CT molecular complexity index is 414. The Labute approximate surface area is 109 Å². The van der Waals surface area contributed by atoms with Gasteiger partial charge >= 0.3 is 0 Å². The fraction of sp³-hybridized carbons (Fsp3) is 0.417. The number of rotatable bonds is 3. The van der Waals surface area contributed by atoms with Gasteiger partial charge in [0, 0.05) is 24.7 Å². The van der Waals surface area contributed by atoms with Crippen molar-refractivity contribution in [1.82, 2.24) is 0 Å². The Morgan fingerprint density at radius 2 is 1.82 bits per heavy atom. The highest BCUT2D eigenvalue weighted by Gasteiger charge is 2.30. The maximum atomic E-state index is 11.9. The van der Waals surface area contributed by atoms with Crippen molar-refractivity contribution in [2.75, 3.05) is 25.7 Å². The molecule has 0 bridgehead atoms. The third kappa shape index (κ3) is 2.39. The standard InChI is InChI=1S/C12H14BrNO3/c1-16-9-5-8(6-10(7-9)17-2)14-4-3-11(13)12(14)15/h5-7,11H,3-4H2,1-2H3/t11-/m0/s1. The minimum Gasteiger partial charge on any atom is -0.497 e. The number of amides is 1. The smallest absolute Gasteiger partial charge is 0.240 e. The van der Waals surface area contributed by atoms with Crippen LogP contribution in [0.4, 0.5) is 5.69 Å². The number of carbonyl (C=O) groups excluding carboxylic acids is 1. The molecule has 0 aliphatic carbocycles. The first-order valence-electron chi connectivity index (χ1n) is 5.34. The van der Waals surface area contributed by atoms with Gasteiger partial charge in [-0.2, -0.15) is 0 Å². The van der Waals surface area contributed by atoms with Gasteiger partial charge in [0.15, 0.2) is 0 Å². The molecule has 1 atom stereocenters. The Morgan fingerprint density at radius 3 is 2.24 bits per heavy atom. The third-order valence-corrected chi connectivity index (χ3v) is 3.64. The molecule has 1 fully saturated rings. The van der Waals surface area contributed by atoms with E-state index < -0.39 is 0 Å². The lowest BCUT2D eigenvalue weighted by molar-refractivity contribution is -0.116. The topological polar surface area (TPSA) is 38.8 Å². The monoisotopic (exact) mass is 299 g/mol. The Balaban J connectivity index is 2.34. The van der Waals surface area contributed by atoms with Gasteiger partial charge in [-0.25, -0.2) is 0 Å². The van der Waals surface area contributed by atoms with Crippen molar-refractivity contribution in [3.8, 4) is 11.5 Å². The van der Waals surface area contributed by atoms with Crippen LogP contribution in [0.3, 0.4) is 0 Å². The Morgan fingerprint density at radius 1 is 1.24 bits per heavy atom. The molecule has 5 heteroatoms. The SMILES string of the molecule is COc1cc(OC)cc(N2CC[C@H](Br)C2=O)c1. The summed E-state index contributed by atoms with van der Waals surface area (Å²) in [6, 6.07) is 5.46. The maximum absolute atomic E-state index is 11.9. The van der Waals surface area contributed by atoms with E-state index in [2.05, 4.69) is 15.9 Å². The zero-order valence-corrected chi connectivity index (χ0v) is 11.4. The number of ether oxygens (including phenoxy) is 2.